The molecule has 0 aromatic rings. The Balaban J connectivity index is 2.01. The Bertz CT molecular complexity index is 384. The third-order valence-corrected chi connectivity index (χ3v) is 5.26. The van der Waals surface area contributed by atoms with Crippen molar-refractivity contribution in [3.05, 3.63) is 0 Å². The van der Waals surface area contributed by atoms with Gasteiger partial charge in [-0.25, -0.2) is 0 Å². The first-order chi connectivity index (χ1) is 12.5. The molecule has 1 aliphatic carbocycles. The van der Waals surface area contributed by atoms with Crippen LogP contribution in [-0.4, -0.2) is 25.2 Å². The highest BCUT2D eigenvalue weighted by atomic mass is 16.5. The van der Waals surface area contributed by atoms with Gasteiger partial charge in [0.25, 0.3) is 0 Å². The van der Waals surface area contributed by atoms with Gasteiger partial charge in [-0.05, 0) is 44.4 Å². The van der Waals surface area contributed by atoms with E-state index in [2.05, 4.69) is 13.8 Å². The van der Waals surface area contributed by atoms with Crippen LogP contribution < -0.4 is 0 Å². The fourth-order valence-electron chi connectivity index (χ4n) is 3.54. The summed E-state index contributed by atoms with van der Waals surface area (Å²) >= 11 is 0. The van der Waals surface area contributed by atoms with Gasteiger partial charge in [0, 0.05) is 0 Å². The smallest absolute Gasteiger partial charge is 0.308 e. The van der Waals surface area contributed by atoms with Gasteiger partial charge in [-0.15, -0.1) is 0 Å². The predicted molar refractivity (Wildman–Crippen MR) is 105 cm³/mol. The molecule has 0 unspecified atom stereocenters. The molecule has 0 aromatic heterocycles. The van der Waals surface area contributed by atoms with Crippen molar-refractivity contribution < 1.29 is 19.1 Å². The molecule has 0 atom stereocenters. The van der Waals surface area contributed by atoms with E-state index in [1.807, 2.05) is 6.92 Å². The molecule has 4 heteroatoms. The molecule has 1 fully saturated rings. The van der Waals surface area contributed by atoms with Crippen LogP contribution in [0.15, 0.2) is 0 Å². The van der Waals surface area contributed by atoms with E-state index in [0.29, 0.717) is 13.2 Å². The average Bonchev–Trinajstić information content (AvgIpc) is 2.64. The maximum absolute atomic E-state index is 12.1. The molecule has 4 nitrogen and oxygen atoms in total. The van der Waals surface area contributed by atoms with Crippen LogP contribution >= 0.6 is 0 Å². The van der Waals surface area contributed by atoms with Gasteiger partial charge < -0.3 is 9.47 Å². The molecule has 0 spiro atoms. The van der Waals surface area contributed by atoms with E-state index >= 15 is 0 Å². The summed E-state index contributed by atoms with van der Waals surface area (Å²) in [5, 5.41) is 0. The maximum Gasteiger partial charge on any atom is 0.308 e. The van der Waals surface area contributed by atoms with Crippen LogP contribution in [0.3, 0.4) is 0 Å². The molecule has 152 valence electrons. The van der Waals surface area contributed by atoms with Gasteiger partial charge in [0.1, 0.15) is 0 Å². The molecule has 1 aliphatic rings. The van der Waals surface area contributed by atoms with Gasteiger partial charge in [-0.1, -0.05) is 59.3 Å². The minimum Gasteiger partial charge on any atom is -0.465 e. The number of carbonyl (C=O) groups excluding carboxylic acids is 2. The molecule has 0 bridgehead atoms. The van der Waals surface area contributed by atoms with E-state index in [9.17, 15) is 9.59 Å². The predicted octanol–water partition coefficient (Wildman–Crippen LogP) is 5.68. The number of unbranched alkanes of at least 4 members (excludes halogenated alkanes) is 5. The highest BCUT2D eigenvalue weighted by molar-refractivity contribution is 5.75. The van der Waals surface area contributed by atoms with Crippen LogP contribution in [0.25, 0.3) is 0 Å². The van der Waals surface area contributed by atoms with E-state index in [-0.39, 0.29) is 23.8 Å². The molecule has 0 aliphatic heterocycles. The molecule has 0 radical (unpaired) electrons. The third kappa shape index (κ3) is 10.2. The molecule has 0 amide bonds. The highest BCUT2D eigenvalue weighted by Crippen LogP contribution is 2.30. The van der Waals surface area contributed by atoms with E-state index in [4.69, 9.17) is 9.47 Å². The Hall–Kier alpha value is -1.06. The van der Waals surface area contributed by atoms with Crippen molar-refractivity contribution in [2.45, 2.75) is 97.8 Å². The van der Waals surface area contributed by atoms with Crippen LogP contribution in [0.2, 0.25) is 0 Å². The maximum atomic E-state index is 12.1. The topological polar surface area (TPSA) is 52.6 Å². The quantitative estimate of drug-likeness (QED) is 0.310. The summed E-state index contributed by atoms with van der Waals surface area (Å²) in [7, 11) is 0. The standard InChI is InChI=1S/C22H40O4/c1-4-16-25-21(23)19-12-14-20(15-13-19)22(24)26-17-10-8-6-5-7-9-11-18(2)3/h18-20H,4-17H2,1-3H3. The number of ether oxygens (including phenoxy) is 2. The molecule has 1 rings (SSSR count). The summed E-state index contributed by atoms with van der Waals surface area (Å²) < 4.78 is 10.7. The van der Waals surface area contributed by atoms with Crippen LogP contribution in [0.5, 0.6) is 0 Å². The van der Waals surface area contributed by atoms with Crippen molar-refractivity contribution in [1.82, 2.24) is 0 Å². The van der Waals surface area contributed by atoms with Crippen molar-refractivity contribution in [2.24, 2.45) is 17.8 Å². The van der Waals surface area contributed by atoms with E-state index in [1.165, 1.54) is 32.1 Å². The molecule has 0 heterocycles. The van der Waals surface area contributed by atoms with Gasteiger partial charge in [0.2, 0.25) is 0 Å². The van der Waals surface area contributed by atoms with Crippen LogP contribution in [0.4, 0.5) is 0 Å². The highest BCUT2D eigenvalue weighted by Gasteiger charge is 2.31. The first-order valence-electron chi connectivity index (χ1n) is 10.9. The second-order valence-corrected chi connectivity index (χ2v) is 8.19. The molecule has 0 saturated heterocycles. The summed E-state index contributed by atoms with van der Waals surface area (Å²) in [5.41, 5.74) is 0. The van der Waals surface area contributed by atoms with E-state index < -0.39 is 0 Å². The lowest BCUT2D eigenvalue weighted by atomic mass is 9.82. The van der Waals surface area contributed by atoms with Gasteiger partial charge in [-0.2, -0.15) is 0 Å². The SMILES string of the molecule is CCCOC(=O)C1CCC(C(=O)OCCCCCCCCC(C)C)CC1. The second kappa shape index (κ2) is 14.1. The molecule has 0 N–H and O–H groups in total. The zero-order chi connectivity index (χ0) is 19.2. The second-order valence-electron chi connectivity index (χ2n) is 8.19. The van der Waals surface area contributed by atoms with Gasteiger partial charge >= 0.3 is 11.9 Å². The van der Waals surface area contributed by atoms with Crippen molar-refractivity contribution in [2.75, 3.05) is 13.2 Å². The van der Waals surface area contributed by atoms with Gasteiger partial charge in [0.05, 0.1) is 25.0 Å². The van der Waals surface area contributed by atoms with Crippen molar-refractivity contribution >= 4 is 11.9 Å². The van der Waals surface area contributed by atoms with Crippen LogP contribution in [-0.2, 0) is 19.1 Å². The third-order valence-electron chi connectivity index (χ3n) is 5.26. The van der Waals surface area contributed by atoms with Crippen molar-refractivity contribution in [3.63, 3.8) is 0 Å². The summed E-state index contributed by atoms with van der Waals surface area (Å²) in [5.74, 6) is 0.600. The first-order valence-corrected chi connectivity index (χ1v) is 10.9. The van der Waals surface area contributed by atoms with Crippen molar-refractivity contribution in [3.8, 4) is 0 Å². The minimum absolute atomic E-state index is 0.0266. The molecular weight excluding hydrogens is 328 g/mol. The zero-order valence-electron chi connectivity index (χ0n) is 17.3. The lowest BCUT2D eigenvalue weighted by molar-refractivity contribution is -0.155. The monoisotopic (exact) mass is 368 g/mol. The van der Waals surface area contributed by atoms with Gasteiger partial charge in [-0.3, -0.25) is 9.59 Å². The Kier molecular flexibility index (Phi) is 12.4. The molecule has 26 heavy (non-hydrogen) atoms. The lowest BCUT2D eigenvalue weighted by Crippen LogP contribution is -2.28. The normalized spacial score (nSPS) is 20.2. The van der Waals surface area contributed by atoms with Crippen molar-refractivity contribution in [1.29, 1.82) is 0 Å². The Morgan fingerprint density at radius 3 is 1.73 bits per heavy atom. The minimum atomic E-state index is -0.0907. The fraction of sp³-hybridized carbons (Fsp3) is 0.909. The number of esters is 2. The Morgan fingerprint density at radius 2 is 1.23 bits per heavy atom. The largest absolute Gasteiger partial charge is 0.465 e. The fourth-order valence-corrected chi connectivity index (χ4v) is 3.54. The number of carbonyl (C=O) groups is 2. The summed E-state index contributed by atoms with van der Waals surface area (Å²) in [6.45, 7) is 7.59. The van der Waals surface area contributed by atoms with Crippen LogP contribution in [0.1, 0.15) is 97.8 Å². The Morgan fingerprint density at radius 1 is 0.769 bits per heavy atom. The molecule has 0 aromatic carbocycles. The van der Waals surface area contributed by atoms with Crippen LogP contribution in [0, 0.1) is 17.8 Å². The number of rotatable bonds is 13. The summed E-state index contributed by atoms with van der Waals surface area (Å²) in [6, 6.07) is 0. The summed E-state index contributed by atoms with van der Waals surface area (Å²) in [6.07, 6.45) is 12.5. The molecular formula is C22H40O4. The van der Waals surface area contributed by atoms with Gasteiger partial charge in [0.15, 0.2) is 0 Å². The zero-order valence-corrected chi connectivity index (χ0v) is 17.3. The average molecular weight is 369 g/mol. The molecule has 1 saturated carbocycles. The van der Waals surface area contributed by atoms with E-state index in [0.717, 1.165) is 50.9 Å². The van der Waals surface area contributed by atoms with E-state index in [1.54, 1.807) is 0 Å². The number of hydrogen-bond acceptors (Lipinski definition) is 4. The Labute approximate surface area is 160 Å². The first kappa shape index (κ1) is 23.0. The number of hydrogen-bond donors (Lipinski definition) is 0. The lowest BCUT2D eigenvalue weighted by Gasteiger charge is -2.25. The summed E-state index contributed by atoms with van der Waals surface area (Å²) in [4.78, 5) is 24.0.